The molecule has 0 amide bonds. The molecule has 1 aromatic carbocycles. The average molecular weight is 377 g/mol. The van der Waals surface area contributed by atoms with Gasteiger partial charge in [-0.25, -0.2) is 0 Å². The second-order valence-corrected chi connectivity index (χ2v) is 6.21. The van der Waals surface area contributed by atoms with Gasteiger partial charge in [0.15, 0.2) is 0 Å². The van der Waals surface area contributed by atoms with Crippen molar-refractivity contribution < 1.29 is 23.9 Å². The summed E-state index contributed by atoms with van der Waals surface area (Å²) in [6.45, 7) is 3.97. The number of esters is 2. The Labute approximate surface area is 160 Å². The summed E-state index contributed by atoms with van der Waals surface area (Å²) in [7, 11) is 0. The first kappa shape index (κ1) is 22.8. The lowest BCUT2D eigenvalue weighted by Gasteiger charge is -2.28. The van der Waals surface area contributed by atoms with E-state index in [0.29, 0.717) is 25.9 Å². The molecule has 0 heterocycles. The number of rotatable bonds is 13. The lowest BCUT2D eigenvalue weighted by molar-refractivity contribution is -0.146. The van der Waals surface area contributed by atoms with Gasteiger partial charge < -0.3 is 15.2 Å². The first-order valence-corrected chi connectivity index (χ1v) is 9.26. The van der Waals surface area contributed by atoms with Crippen molar-refractivity contribution in [2.24, 2.45) is 5.73 Å². The average Bonchev–Trinajstić information content (AvgIpc) is 2.66. The zero-order chi connectivity index (χ0) is 20.1. The molecule has 149 valence electrons. The molecule has 2 atom stereocenters. The van der Waals surface area contributed by atoms with E-state index in [1.807, 2.05) is 30.3 Å². The third-order valence-electron chi connectivity index (χ3n) is 4.01. The van der Waals surface area contributed by atoms with Crippen LogP contribution in [0.2, 0.25) is 0 Å². The van der Waals surface area contributed by atoms with Crippen molar-refractivity contribution in [3.8, 4) is 0 Å². The molecule has 0 fully saturated rings. The van der Waals surface area contributed by atoms with Gasteiger partial charge in [-0.15, -0.1) is 0 Å². The number of ether oxygens (including phenoxy) is 2. The molecular formula is C20H29N2O5. The number of benzene rings is 1. The maximum atomic E-state index is 12.3. The van der Waals surface area contributed by atoms with Gasteiger partial charge in [-0.05, 0) is 45.1 Å². The fourth-order valence-corrected chi connectivity index (χ4v) is 2.66. The Bertz CT molecular complexity index is 593. The van der Waals surface area contributed by atoms with Gasteiger partial charge in [0.1, 0.15) is 11.7 Å². The summed E-state index contributed by atoms with van der Waals surface area (Å²) in [6, 6.07) is 8.93. The van der Waals surface area contributed by atoms with E-state index in [0.717, 1.165) is 5.56 Å². The number of nitrogens with two attached hydrogens (primary N) is 1. The number of hydrogen-bond donors (Lipinski definition) is 2. The lowest BCUT2D eigenvalue weighted by atomic mass is 10.00. The zero-order valence-electron chi connectivity index (χ0n) is 16.0. The number of aryl methyl sites for hydroxylation is 1. The number of hydrogen-bond acceptors (Lipinski definition) is 7. The molecule has 1 unspecified atom stereocenters. The molecule has 1 radical (unpaired) electrons. The molecule has 27 heavy (non-hydrogen) atoms. The zero-order valence-corrected chi connectivity index (χ0v) is 16.0. The van der Waals surface area contributed by atoms with E-state index >= 15 is 0 Å². The summed E-state index contributed by atoms with van der Waals surface area (Å²) >= 11 is 0. The van der Waals surface area contributed by atoms with Crippen LogP contribution in [-0.2, 0) is 30.3 Å². The second-order valence-electron chi connectivity index (χ2n) is 6.21. The number of carbonyl (C=O) groups excluding carboxylic acids is 3. The molecular weight excluding hydrogens is 348 g/mol. The molecule has 3 N–H and O–H groups in total. The summed E-state index contributed by atoms with van der Waals surface area (Å²) in [5.74, 6) is -0.819. The molecule has 0 saturated carbocycles. The van der Waals surface area contributed by atoms with Gasteiger partial charge in [-0.1, -0.05) is 30.3 Å². The van der Waals surface area contributed by atoms with Gasteiger partial charge in [0, 0.05) is 6.42 Å². The topological polar surface area (TPSA) is 108 Å². The Morgan fingerprint density at radius 1 is 1.19 bits per heavy atom. The number of carbonyl (C=O) groups is 2. The van der Waals surface area contributed by atoms with Crippen molar-refractivity contribution in [2.75, 3.05) is 13.2 Å². The van der Waals surface area contributed by atoms with E-state index in [2.05, 4.69) is 5.32 Å². The van der Waals surface area contributed by atoms with Gasteiger partial charge >= 0.3 is 11.9 Å². The predicted octanol–water partition coefficient (Wildman–Crippen LogP) is 1.64. The Balaban J connectivity index is 2.69. The van der Waals surface area contributed by atoms with E-state index in [1.54, 1.807) is 20.1 Å². The standard InChI is InChI=1S/C20H29N2O5/c1-3-26-18(24)11-8-14-20(21,15-23)22-17(19(25)27-4-2)13-12-16-9-6-5-7-10-16/h5-7,9-10,17,22H,3-4,8,11-14,21H2,1-2H3/t17?,20-/m1/s1. The lowest BCUT2D eigenvalue weighted by Crippen LogP contribution is -2.60. The van der Waals surface area contributed by atoms with Crippen LogP contribution in [0.25, 0.3) is 0 Å². The first-order chi connectivity index (χ1) is 12.9. The second kappa shape index (κ2) is 12.2. The molecule has 0 aliphatic rings. The largest absolute Gasteiger partial charge is 0.466 e. The van der Waals surface area contributed by atoms with Gasteiger partial charge in [-0.3, -0.25) is 19.7 Å². The minimum atomic E-state index is -1.54. The fraction of sp³-hybridized carbons (Fsp3) is 0.550. The van der Waals surface area contributed by atoms with Crippen molar-refractivity contribution in [1.29, 1.82) is 0 Å². The quantitative estimate of drug-likeness (QED) is 0.397. The maximum absolute atomic E-state index is 12.3. The molecule has 1 rings (SSSR count). The normalized spacial score (nSPS) is 14.0. The smallest absolute Gasteiger partial charge is 0.323 e. The van der Waals surface area contributed by atoms with Crippen LogP contribution in [0.15, 0.2) is 30.3 Å². The highest BCUT2D eigenvalue weighted by atomic mass is 16.5. The van der Waals surface area contributed by atoms with Crippen LogP contribution in [0.4, 0.5) is 0 Å². The summed E-state index contributed by atoms with van der Waals surface area (Å²) in [6.07, 6.45) is 3.44. The van der Waals surface area contributed by atoms with Crippen LogP contribution in [-0.4, -0.2) is 43.1 Å². The van der Waals surface area contributed by atoms with Crippen molar-refractivity contribution >= 4 is 18.2 Å². The van der Waals surface area contributed by atoms with Crippen LogP contribution >= 0.6 is 0 Å². The van der Waals surface area contributed by atoms with E-state index in [-0.39, 0.29) is 25.4 Å². The van der Waals surface area contributed by atoms with Gasteiger partial charge in [0.05, 0.1) is 13.2 Å². The van der Waals surface area contributed by atoms with Crippen LogP contribution in [0, 0.1) is 0 Å². The third kappa shape index (κ3) is 8.79. The highest BCUT2D eigenvalue weighted by Gasteiger charge is 2.32. The summed E-state index contributed by atoms with van der Waals surface area (Å²) in [5, 5.41) is 2.87. The molecule has 7 heteroatoms. The van der Waals surface area contributed by atoms with E-state index in [1.165, 1.54) is 0 Å². The van der Waals surface area contributed by atoms with Gasteiger partial charge in [0.2, 0.25) is 6.29 Å². The van der Waals surface area contributed by atoms with Crippen LogP contribution < -0.4 is 11.1 Å². The Hall–Kier alpha value is -2.25. The van der Waals surface area contributed by atoms with Gasteiger partial charge in [-0.2, -0.15) is 0 Å². The minimum Gasteiger partial charge on any atom is -0.466 e. The SMILES string of the molecule is CCOC(=O)CCC[C@](N)([C]=O)NC(CCc1ccccc1)C(=O)OCC. The number of nitrogens with one attached hydrogen (secondary N) is 1. The molecule has 0 bridgehead atoms. The summed E-state index contributed by atoms with van der Waals surface area (Å²) in [5.41, 5.74) is 5.59. The van der Waals surface area contributed by atoms with E-state index in [4.69, 9.17) is 15.2 Å². The third-order valence-corrected chi connectivity index (χ3v) is 4.01. The summed E-state index contributed by atoms with van der Waals surface area (Å²) < 4.78 is 9.95. The minimum absolute atomic E-state index is 0.143. The molecule has 0 aliphatic heterocycles. The Morgan fingerprint density at radius 2 is 1.85 bits per heavy atom. The van der Waals surface area contributed by atoms with Crippen molar-refractivity contribution in [3.63, 3.8) is 0 Å². The maximum Gasteiger partial charge on any atom is 0.323 e. The molecule has 7 nitrogen and oxygen atoms in total. The molecule has 0 aliphatic carbocycles. The predicted molar refractivity (Wildman–Crippen MR) is 101 cm³/mol. The first-order valence-electron chi connectivity index (χ1n) is 9.26. The van der Waals surface area contributed by atoms with E-state index < -0.39 is 17.7 Å². The van der Waals surface area contributed by atoms with Crippen molar-refractivity contribution in [1.82, 2.24) is 5.32 Å². The summed E-state index contributed by atoms with van der Waals surface area (Å²) in [4.78, 5) is 35.2. The highest BCUT2D eigenvalue weighted by Crippen LogP contribution is 2.12. The molecule has 1 aromatic rings. The molecule has 0 saturated heterocycles. The van der Waals surface area contributed by atoms with E-state index in [9.17, 15) is 14.4 Å². The highest BCUT2D eigenvalue weighted by molar-refractivity contribution is 5.77. The van der Waals surface area contributed by atoms with Crippen LogP contribution in [0.3, 0.4) is 0 Å². The van der Waals surface area contributed by atoms with Crippen LogP contribution in [0.1, 0.15) is 45.1 Å². The molecule has 0 aromatic heterocycles. The van der Waals surface area contributed by atoms with Crippen LogP contribution in [0.5, 0.6) is 0 Å². The van der Waals surface area contributed by atoms with Crippen molar-refractivity contribution in [2.45, 2.75) is 57.7 Å². The Kier molecular flexibility index (Phi) is 10.3. The van der Waals surface area contributed by atoms with Gasteiger partial charge in [0.25, 0.3) is 0 Å². The Morgan fingerprint density at radius 3 is 2.44 bits per heavy atom. The monoisotopic (exact) mass is 377 g/mol. The van der Waals surface area contributed by atoms with Crippen molar-refractivity contribution in [3.05, 3.63) is 35.9 Å². The fourth-order valence-electron chi connectivity index (χ4n) is 2.66. The molecule has 0 spiro atoms.